The molecule has 2 unspecified atom stereocenters. The van der Waals surface area contributed by atoms with Crippen molar-refractivity contribution in [3.63, 3.8) is 0 Å². The molecule has 1 amide bonds. The van der Waals surface area contributed by atoms with E-state index in [1.54, 1.807) is 12.3 Å². The van der Waals surface area contributed by atoms with Gasteiger partial charge in [-0.1, -0.05) is 44.2 Å². The fourth-order valence-electron chi connectivity index (χ4n) is 3.91. The summed E-state index contributed by atoms with van der Waals surface area (Å²) < 4.78 is 5.57. The second kappa shape index (κ2) is 8.32. The SMILES string of the molecule is CC(C)C1C(c2ccccc2)CCN1C(=O)COCc1cc[nH]c(=O)c1. The van der Waals surface area contributed by atoms with E-state index in [0.717, 1.165) is 18.5 Å². The molecule has 1 saturated heterocycles. The van der Waals surface area contributed by atoms with Crippen molar-refractivity contribution in [3.05, 3.63) is 70.1 Å². The Morgan fingerprint density at radius 1 is 1.27 bits per heavy atom. The van der Waals surface area contributed by atoms with Crippen molar-refractivity contribution >= 4 is 5.91 Å². The Balaban J connectivity index is 1.62. The molecule has 0 bridgehead atoms. The van der Waals surface area contributed by atoms with Gasteiger partial charge in [-0.25, -0.2) is 0 Å². The first kappa shape index (κ1) is 18.4. The normalized spacial score (nSPS) is 19.9. The third kappa shape index (κ3) is 4.22. The third-order valence-electron chi connectivity index (χ3n) is 5.02. The molecule has 1 aromatic heterocycles. The summed E-state index contributed by atoms with van der Waals surface area (Å²) in [5.74, 6) is 0.763. The summed E-state index contributed by atoms with van der Waals surface area (Å²) >= 11 is 0. The predicted molar refractivity (Wildman–Crippen MR) is 101 cm³/mol. The first-order valence-corrected chi connectivity index (χ1v) is 9.16. The maximum Gasteiger partial charge on any atom is 0.248 e. The molecular formula is C21H26N2O3. The van der Waals surface area contributed by atoms with Gasteiger partial charge in [0.25, 0.3) is 0 Å². The standard InChI is InChI=1S/C21H26N2O3/c1-15(2)21-18(17-6-4-3-5-7-17)9-11-23(21)20(25)14-26-13-16-8-10-22-19(24)12-16/h3-8,10,12,15,18,21H,9,11,13-14H2,1-2H3,(H,22,24). The molecule has 5 nitrogen and oxygen atoms in total. The van der Waals surface area contributed by atoms with Crippen LogP contribution < -0.4 is 5.56 Å². The van der Waals surface area contributed by atoms with E-state index in [4.69, 9.17) is 4.74 Å². The minimum atomic E-state index is -0.164. The Kier molecular flexibility index (Phi) is 5.89. The number of nitrogens with zero attached hydrogens (tertiary/aromatic N) is 1. The summed E-state index contributed by atoms with van der Waals surface area (Å²) in [5.41, 5.74) is 1.90. The second-order valence-corrected chi connectivity index (χ2v) is 7.18. The van der Waals surface area contributed by atoms with Crippen LogP contribution in [0, 0.1) is 5.92 Å². The smallest absolute Gasteiger partial charge is 0.248 e. The summed E-state index contributed by atoms with van der Waals surface area (Å²) in [6.45, 7) is 5.40. The number of hydrogen-bond acceptors (Lipinski definition) is 3. The van der Waals surface area contributed by atoms with E-state index in [-0.39, 0.29) is 30.7 Å². The zero-order chi connectivity index (χ0) is 18.5. The van der Waals surface area contributed by atoms with Crippen LogP contribution in [0.5, 0.6) is 0 Å². The van der Waals surface area contributed by atoms with E-state index >= 15 is 0 Å². The van der Waals surface area contributed by atoms with Crippen LogP contribution in [0.3, 0.4) is 0 Å². The number of hydrogen-bond donors (Lipinski definition) is 1. The molecule has 1 fully saturated rings. The van der Waals surface area contributed by atoms with Gasteiger partial charge in [0, 0.05) is 30.8 Å². The van der Waals surface area contributed by atoms with Crippen molar-refractivity contribution in [1.82, 2.24) is 9.88 Å². The molecule has 1 aliphatic rings. The minimum Gasteiger partial charge on any atom is -0.367 e. The number of rotatable bonds is 6. The van der Waals surface area contributed by atoms with E-state index in [1.165, 1.54) is 11.6 Å². The molecule has 1 aromatic carbocycles. The Bertz CT molecular complexity index is 785. The Morgan fingerprint density at radius 3 is 2.73 bits per heavy atom. The van der Waals surface area contributed by atoms with Gasteiger partial charge < -0.3 is 14.6 Å². The van der Waals surface area contributed by atoms with E-state index in [1.807, 2.05) is 11.0 Å². The summed E-state index contributed by atoms with van der Waals surface area (Å²) in [5, 5.41) is 0. The highest BCUT2D eigenvalue weighted by Gasteiger charge is 2.39. The third-order valence-corrected chi connectivity index (χ3v) is 5.02. The molecule has 2 heterocycles. The fourth-order valence-corrected chi connectivity index (χ4v) is 3.91. The van der Waals surface area contributed by atoms with Crippen LogP contribution in [-0.4, -0.2) is 35.0 Å². The number of aromatic amines is 1. The summed E-state index contributed by atoms with van der Waals surface area (Å²) in [6, 6.07) is 13.9. The zero-order valence-corrected chi connectivity index (χ0v) is 15.4. The lowest BCUT2D eigenvalue weighted by Crippen LogP contribution is -2.42. The maximum absolute atomic E-state index is 12.7. The summed E-state index contributed by atoms with van der Waals surface area (Å²) in [6.07, 6.45) is 2.56. The van der Waals surface area contributed by atoms with E-state index < -0.39 is 0 Å². The summed E-state index contributed by atoms with van der Waals surface area (Å²) in [4.78, 5) is 28.6. The number of carbonyl (C=O) groups excluding carboxylic acids is 1. The number of carbonyl (C=O) groups is 1. The van der Waals surface area contributed by atoms with Crippen molar-refractivity contribution in [2.45, 2.75) is 38.8 Å². The average Bonchev–Trinajstić information content (AvgIpc) is 3.08. The van der Waals surface area contributed by atoms with Crippen LogP contribution in [0.15, 0.2) is 53.5 Å². The Labute approximate surface area is 154 Å². The predicted octanol–water partition coefficient (Wildman–Crippen LogP) is 2.93. The number of likely N-dealkylation sites (tertiary alicyclic amines) is 1. The Morgan fingerprint density at radius 2 is 2.04 bits per heavy atom. The fraction of sp³-hybridized carbons (Fsp3) is 0.429. The number of amides is 1. The first-order valence-electron chi connectivity index (χ1n) is 9.16. The molecule has 2 aromatic rings. The first-order chi connectivity index (χ1) is 12.6. The lowest BCUT2D eigenvalue weighted by Gasteiger charge is -2.31. The number of benzene rings is 1. The minimum absolute atomic E-state index is 0.0203. The van der Waals surface area contributed by atoms with Gasteiger partial charge in [-0.2, -0.15) is 0 Å². The highest BCUT2D eigenvalue weighted by molar-refractivity contribution is 5.78. The molecular weight excluding hydrogens is 328 g/mol. The van der Waals surface area contributed by atoms with Crippen LogP contribution >= 0.6 is 0 Å². The lowest BCUT2D eigenvalue weighted by atomic mass is 9.85. The van der Waals surface area contributed by atoms with Gasteiger partial charge in [0.05, 0.1) is 6.61 Å². The number of nitrogens with one attached hydrogen (secondary N) is 1. The van der Waals surface area contributed by atoms with Gasteiger partial charge in [-0.3, -0.25) is 9.59 Å². The molecule has 0 spiro atoms. The molecule has 3 rings (SSSR count). The zero-order valence-electron chi connectivity index (χ0n) is 15.4. The number of ether oxygens (including phenoxy) is 1. The van der Waals surface area contributed by atoms with Crippen LogP contribution in [0.2, 0.25) is 0 Å². The van der Waals surface area contributed by atoms with E-state index in [2.05, 4.69) is 43.1 Å². The van der Waals surface area contributed by atoms with Crippen LogP contribution in [0.25, 0.3) is 0 Å². The van der Waals surface area contributed by atoms with Gasteiger partial charge in [0.15, 0.2) is 0 Å². The van der Waals surface area contributed by atoms with Gasteiger partial charge in [0.2, 0.25) is 11.5 Å². The molecule has 2 atom stereocenters. The molecule has 0 saturated carbocycles. The Hall–Kier alpha value is -2.40. The largest absolute Gasteiger partial charge is 0.367 e. The molecule has 0 radical (unpaired) electrons. The topological polar surface area (TPSA) is 62.4 Å². The molecule has 26 heavy (non-hydrogen) atoms. The number of pyridine rings is 1. The summed E-state index contributed by atoms with van der Waals surface area (Å²) in [7, 11) is 0. The highest BCUT2D eigenvalue weighted by atomic mass is 16.5. The molecule has 138 valence electrons. The number of H-pyrrole nitrogens is 1. The maximum atomic E-state index is 12.7. The van der Waals surface area contributed by atoms with Crippen molar-refractivity contribution in [1.29, 1.82) is 0 Å². The lowest BCUT2D eigenvalue weighted by molar-refractivity contribution is -0.138. The molecule has 5 heteroatoms. The highest BCUT2D eigenvalue weighted by Crippen LogP contribution is 2.37. The molecule has 0 aliphatic carbocycles. The molecule has 1 aliphatic heterocycles. The van der Waals surface area contributed by atoms with Gasteiger partial charge >= 0.3 is 0 Å². The van der Waals surface area contributed by atoms with E-state index in [9.17, 15) is 9.59 Å². The second-order valence-electron chi connectivity index (χ2n) is 7.18. The van der Waals surface area contributed by atoms with Crippen molar-refractivity contribution in [2.75, 3.05) is 13.2 Å². The van der Waals surface area contributed by atoms with Crippen LogP contribution in [0.4, 0.5) is 0 Å². The van der Waals surface area contributed by atoms with Crippen molar-refractivity contribution in [3.8, 4) is 0 Å². The number of aromatic nitrogens is 1. The van der Waals surface area contributed by atoms with E-state index in [0.29, 0.717) is 11.8 Å². The van der Waals surface area contributed by atoms with Gasteiger partial charge in [-0.05, 0) is 29.5 Å². The van der Waals surface area contributed by atoms with Crippen molar-refractivity contribution < 1.29 is 9.53 Å². The quantitative estimate of drug-likeness (QED) is 0.867. The average molecular weight is 354 g/mol. The van der Waals surface area contributed by atoms with Gasteiger partial charge in [0.1, 0.15) is 6.61 Å². The molecule has 1 N–H and O–H groups in total. The van der Waals surface area contributed by atoms with Gasteiger partial charge in [-0.15, -0.1) is 0 Å². The van der Waals surface area contributed by atoms with Crippen molar-refractivity contribution in [2.24, 2.45) is 5.92 Å². The van der Waals surface area contributed by atoms with Crippen LogP contribution in [-0.2, 0) is 16.1 Å². The van der Waals surface area contributed by atoms with Crippen LogP contribution in [0.1, 0.15) is 37.3 Å². The monoisotopic (exact) mass is 354 g/mol.